The van der Waals surface area contributed by atoms with Crippen molar-refractivity contribution in [3.8, 4) is 0 Å². The van der Waals surface area contributed by atoms with Crippen LogP contribution in [0.4, 0.5) is 0 Å². The summed E-state index contributed by atoms with van der Waals surface area (Å²) in [5, 5.41) is 5.74. The van der Waals surface area contributed by atoms with E-state index in [0.29, 0.717) is 6.61 Å². The summed E-state index contributed by atoms with van der Waals surface area (Å²) in [6.07, 6.45) is 5.11. The number of hydrogen-bond acceptors (Lipinski definition) is 6. The van der Waals surface area contributed by atoms with Gasteiger partial charge < -0.3 is 4.74 Å². The van der Waals surface area contributed by atoms with Gasteiger partial charge in [0.1, 0.15) is 11.4 Å². The number of nitrogens with zero attached hydrogens (tertiary/aromatic N) is 4. The number of unbranched alkanes of at least 4 members (excludes halogenated alkanes) is 1. The predicted octanol–water partition coefficient (Wildman–Crippen LogP) is 1.80. The summed E-state index contributed by atoms with van der Waals surface area (Å²) in [4.78, 5) is 19.9. The van der Waals surface area contributed by atoms with Crippen LogP contribution < -0.4 is 0 Å². The Balaban J connectivity index is 1.96. The van der Waals surface area contributed by atoms with Crippen molar-refractivity contribution in [2.75, 3.05) is 12.4 Å². The summed E-state index contributed by atoms with van der Waals surface area (Å²) in [6.45, 7) is 2.55. The number of carbonyl (C=O) groups is 1. The van der Waals surface area contributed by atoms with Gasteiger partial charge in [-0.05, 0) is 6.42 Å². The van der Waals surface area contributed by atoms with Crippen LogP contribution in [0, 0.1) is 0 Å². The average molecular weight is 280 g/mol. The smallest absolute Gasteiger partial charge is 0.316 e. The highest BCUT2D eigenvalue weighted by atomic mass is 32.2. The van der Waals surface area contributed by atoms with Crippen LogP contribution in [0.25, 0.3) is 11.0 Å². The molecule has 2 heterocycles. The first-order chi connectivity index (χ1) is 9.22. The van der Waals surface area contributed by atoms with Gasteiger partial charge in [0.05, 0.1) is 23.9 Å². The molecule has 0 spiro atoms. The lowest BCUT2D eigenvalue weighted by molar-refractivity contribution is -0.140. The molecule has 0 aliphatic carbocycles. The molecule has 2 aromatic rings. The third kappa shape index (κ3) is 3.44. The maximum absolute atomic E-state index is 11.5. The first kappa shape index (κ1) is 13.8. The van der Waals surface area contributed by atoms with Crippen molar-refractivity contribution < 1.29 is 9.53 Å². The molecular formula is C12H16N4O2S. The monoisotopic (exact) mass is 280 g/mol. The maximum atomic E-state index is 11.5. The zero-order chi connectivity index (χ0) is 13.7. The second kappa shape index (κ2) is 6.51. The number of aryl methyl sites for hydroxylation is 1. The van der Waals surface area contributed by atoms with Gasteiger partial charge in [0.15, 0.2) is 5.65 Å². The van der Waals surface area contributed by atoms with Crippen LogP contribution in [-0.4, -0.2) is 38.1 Å². The van der Waals surface area contributed by atoms with Crippen molar-refractivity contribution >= 4 is 28.8 Å². The predicted molar refractivity (Wildman–Crippen MR) is 72.9 cm³/mol. The lowest BCUT2D eigenvalue weighted by atomic mass is 10.4. The third-order valence-electron chi connectivity index (χ3n) is 2.58. The normalized spacial score (nSPS) is 10.8. The SMILES string of the molecule is CCCCOC(=O)CSc1ncnc2c1cnn2C. The van der Waals surface area contributed by atoms with E-state index in [1.54, 1.807) is 10.9 Å². The highest BCUT2D eigenvalue weighted by Gasteiger charge is 2.10. The van der Waals surface area contributed by atoms with E-state index in [1.807, 2.05) is 7.05 Å². The number of ether oxygens (including phenoxy) is 1. The number of hydrogen-bond donors (Lipinski definition) is 0. The topological polar surface area (TPSA) is 69.9 Å². The number of thioether (sulfide) groups is 1. The van der Waals surface area contributed by atoms with Crippen LogP contribution >= 0.6 is 11.8 Å². The van der Waals surface area contributed by atoms with E-state index in [9.17, 15) is 4.79 Å². The van der Waals surface area contributed by atoms with E-state index in [1.165, 1.54) is 18.1 Å². The highest BCUT2D eigenvalue weighted by molar-refractivity contribution is 8.00. The Labute approximate surface area is 115 Å². The molecule has 2 aromatic heterocycles. The second-order valence-corrected chi connectivity index (χ2v) is 5.01. The number of fused-ring (bicyclic) bond motifs is 1. The van der Waals surface area contributed by atoms with Crippen LogP contribution in [0.5, 0.6) is 0 Å². The standard InChI is InChI=1S/C12H16N4O2S/c1-3-4-5-18-10(17)7-19-12-9-6-15-16(2)11(9)13-8-14-12/h6,8H,3-5,7H2,1-2H3. The Kier molecular flexibility index (Phi) is 4.73. The molecule has 7 heteroatoms. The molecule has 0 unspecified atom stereocenters. The third-order valence-corrected chi connectivity index (χ3v) is 3.56. The fourth-order valence-corrected chi connectivity index (χ4v) is 2.31. The van der Waals surface area contributed by atoms with Gasteiger partial charge in [0.2, 0.25) is 0 Å². The van der Waals surface area contributed by atoms with Crippen molar-refractivity contribution in [3.63, 3.8) is 0 Å². The van der Waals surface area contributed by atoms with E-state index >= 15 is 0 Å². The summed E-state index contributed by atoms with van der Waals surface area (Å²) in [5.41, 5.74) is 0.761. The van der Waals surface area contributed by atoms with Gasteiger partial charge in [-0.2, -0.15) is 5.10 Å². The van der Waals surface area contributed by atoms with Crippen molar-refractivity contribution in [2.24, 2.45) is 7.05 Å². The van der Waals surface area contributed by atoms with Gasteiger partial charge in [-0.25, -0.2) is 9.97 Å². The van der Waals surface area contributed by atoms with E-state index in [4.69, 9.17) is 4.74 Å². The highest BCUT2D eigenvalue weighted by Crippen LogP contribution is 2.23. The Morgan fingerprint density at radius 2 is 2.32 bits per heavy atom. The fraction of sp³-hybridized carbons (Fsp3) is 0.500. The minimum absolute atomic E-state index is 0.214. The van der Waals surface area contributed by atoms with Gasteiger partial charge in [-0.15, -0.1) is 0 Å². The van der Waals surface area contributed by atoms with E-state index in [2.05, 4.69) is 22.0 Å². The molecule has 0 N–H and O–H groups in total. The lowest BCUT2D eigenvalue weighted by Gasteiger charge is -2.03. The lowest BCUT2D eigenvalue weighted by Crippen LogP contribution is -2.08. The number of esters is 1. The number of carbonyl (C=O) groups excluding carboxylic acids is 1. The molecule has 0 aliphatic rings. The Morgan fingerprint density at radius 1 is 1.47 bits per heavy atom. The quantitative estimate of drug-likeness (QED) is 0.348. The second-order valence-electron chi connectivity index (χ2n) is 4.05. The minimum atomic E-state index is -0.214. The summed E-state index contributed by atoms with van der Waals surface area (Å²) >= 11 is 1.35. The Hall–Kier alpha value is -1.63. The molecule has 0 bridgehead atoms. The summed E-state index contributed by atoms with van der Waals surface area (Å²) in [5.74, 6) is 0.0409. The molecule has 0 aromatic carbocycles. The molecule has 6 nitrogen and oxygen atoms in total. The van der Waals surface area contributed by atoms with Crippen molar-refractivity contribution in [1.82, 2.24) is 19.7 Å². The van der Waals surface area contributed by atoms with Gasteiger partial charge in [-0.1, -0.05) is 25.1 Å². The maximum Gasteiger partial charge on any atom is 0.316 e. The summed E-state index contributed by atoms with van der Waals surface area (Å²) < 4.78 is 6.78. The minimum Gasteiger partial charge on any atom is -0.465 e. The summed E-state index contributed by atoms with van der Waals surface area (Å²) in [6, 6.07) is 0. The van der Waals surface area contributed by atoms with Crippen LogP contribution in [0.3, 0.4) is 0 Å². The van der Waals surface area contributed by atoms with Crippen molar-refractivity contribution in [1.29, 1.82) is 0 Å². The molecular weight excluding hydrogens is 264 g/mol. The van der Waals surface area contributed by atoms with Gasteiger partial charge in [0, 0.05) is 7.05 Å². The van der Waals surface area contributed by atoms with Gasteiger partial charge >= 0.3 is 5.97 Å². The van der Waals surface area contributed by atoms with E-state index in [-0.39, 0.29) is 11.7 Å². The summed E-state index contributed by atoms with van der Waals surface area (Å²) in [7, 11) is 1.82. The van der Waals surface area contributed by atoms with Gasteiger partial charge in [0.25, 0.3) is 0 Å². The number of aromatic nitrogens is 4. The zero-order valence-electron chi connectivity index (χ0n) is 11.0. The van der Waals surface area contributed by atoms with Crippen molar-refractivity contribution in [2.45, 2.75) is 24.8 Å². The van der Waals surface area contributed by atoms with E-state index < -0.39 is 0 Å². The molecule has 0 fully saturated rings. The molecule has 2 rings (SSSR count). The molecule has 0 amide bonds. The van der Waals surface area contributed by atoms with Crippen LogP contribution in [-0.2, 0) is 16.6 Å². The van der Waals surface area contributed by atoms with Crippen LogP contribution in [0.1, 0.15) is 19.8 Å². The number of rotatable bonds is 6. The molecule has 19 heavy (non-hydrogen) atoms. The molecule has 102 valence electrons. The molecule has 0 aliphatic heterocycles. The first-order valence-corrected chi connectivity index (χ1v) is 7.12. The molecule has 0 atom stereocenters. The first-order valence-electron chi connectivity index (χ1n) is 6.13. The van der Waals surface area contributed by atoms with Crippen LogP contribution in [0.2, 0.25) is 0 Å². The molecule has 0 radical (unpaired) electrons. The average Bonchev–Trinajstić information content (AvgIpc) is 2.79. The Morgan fingerprint density at radius 3 is 3.11 bits per heavy atom. The largest absolute Gasteiger partial charge is 0.465 e. The molecule has 0 saturated heterocycles. The zero-order valence-corrected chi connectivity index (χ0v) is 11.8. The molecule has 0 saturated carbocycles. The van der Waals surface area contributed by atoms with Gasteiger partial charge in [-0.3, -0.25) is 9.48 Å². The van der Waals surface area contributed by atoms with Crippen LogP contribution in [0.15, 0.2) is 17.6 Å². The Bertz CT molecular complexity index is 570. The van der Waals surface area contributed by atoms with Crippen molar-refractivity contribution in [3.05, 3.63) is 12.5 Å². The van der Waals surface area contributed by atoms with E-state index in [0.717, 1.165) is 28.9 Å². The fourth-order valence-electron chi connectivity index (χ4n) is 1.55.